The number of amides is 1. The van der Waals surface area contributed by atoms with Gasteiger partial charge in [0.05, 0.1) is 0 Å². The van der Waals surface area contributed by atoms with E-state index in [4.69, 9.17) is 0 Å². The molecule has 0 bridgehead atoms. The van der Waals surface area contributed by atoms with Gasteiger partial charge in [-0.2, -0.15) is 0 Å². The van der Waals surface area contributed by atoms with Crippen molar-refractivity contribution >= 4 is 33.6 Å². The van der Waals surface area contributed by atoms with Crippen LogP contribution < -0.4 is 10.2 Å². The second-order valence-electron chi connectivity index (χ2n) is 7.75. The van der Waals surface area contributed by atoms with Gasteiger partial charge >= 0.3 is 0 Å². The quantitative estimate of drug-likeness (QED) is 0.771. The van der Waals surface area contributed by atoms with Gasteiger partial charge in [0.15, 0.2) is 0 Å². The fraction of sp³-hybridized carbons (Fsp3) is 0.318. The highest BCUT2D eigenvalue weighted by atomic mass is 79.9. The van der Waals surface area contributed by atoms with E-state index in [1.54, 1.807) is 0 Å². The lowest BCUT2D eigenvalue weighted by molar-refractivity contribution is -0.124. The van der Waals surface area contributed by atoms with Crippen LogP contribution in [0.2, 0.25) is 0 Å². The Balaban J connectivity index is 1.86. The third kappa shape index (κ3) is 2.50. The molecule has 2 aliphatic rings. The summed E-state index contributed by atoms with van der Waals surface area (Å²) in [4.78, 5) is 14.8. The molecule has 26 heavy (non-hydrogen) atoms. The van der Waals surface area contributed by atoms with Crippen LogP contribution >= 0.6 is 15.9 Å². The van der Waals surface area contributed by atoms with E-state index < -0.39 is 5.66 Å². The number of benzene rings is 2. The second kappa shape index (κ2) is 5.98. The van der Waals surface area contributed by atoms with E-state index >= 15 is 0 Å². The van der Waals surface area contributed by atoms with Crippen LogP contribution in [0, 0.1) is 6.92 Å². The molecule has 2 aromatic rings. The number of nitrogens with one attached hydrogen (secondary N) is 1. The third-order valence-electron chi connectivity index (χ3n) is 5.75. The van der Waals surface area contributed by atoms with Crippen LogP contribution in [0.25, 0.3) is 6.08 Å². The first kappa shape index (κ1) is 17.3. The summed E-state index contributed by atoms with van der Waals surface area (Å²) >= 11 is 3.53. The molecule has 0 aliphatic carbocycles. The van der Waals surface area contributed by atoms with E-state index in [1.807, 2.05) is 12.1 Å². The Hall–Kier alpha value is -2.07. The minimum absolute atomic E-state index is 0.109. The van der Waals surface area contributed by atoms with Gasteiger partial charge in [-0.1, -0.05) is 65.7 Å². The third-order valence-corrected chi connectivity index (χ3v) is 6.25. The summed E-state index contributed by atoms with van der Waals surface area (Å²) in [6.45, 7) is 7.30. The smallest absolute Gasteiger partial charge is 0.223 e. The first-order chi connectivity index (χ1) is 12.3. The lowest BCUT2D eigenvalue weighted by atomic mass is 9.74. The summed E-state index contributed by atoms with van der Waals surface area (Å²) in [5.41, 5.74) is 4.07. The van der Waals surface area contributed by atoms with E-state index in [-0.39, 0.29) is 11.3 Å². The van der Waals surface area contributed by atoms with Gasteiger partial charge in [-0.15, -0.1) is 0 Å². The molecule has 0 aromatic heterocycles. The maximum Gasteiger partial charge on any atom is 0.223 e. The van der Waals surface area contributed by atoms with E-state index in [0.717, 1.165) is 16.6 Å². The van der Waals surface area contributed by atoms with Crippen molar-refractivity contribution in [1.82, 2.24) is 5.32 Å². The molecule has 0 spiro atoms. The largest absolute Gasteiger partial charge is 0.344 e. The van der Waals surface area contributed by atoms with Gasteiger partial charge in [0.1, 0.15) is 5.66 Å². The number of anilines is 1. The standard InChI is InChI=1S/C22H23BrN2O/c1-15-7-8-19-18(13-15)21(2,3)22(24-20(26)10-12-25(19)22)11-9-16-5-4-6-17(23)14-16/h4-9,11,13-14H,10,12H2,1-3H3,(H,24,26)/t22-/m0/s1. The highest BCUT2D eigenvalue weighted by Gasteiger charge is 2.57. The Kier molecular flexibility index (Phi) is 3.99. The van der Waals surface area contributed by atoms with Crippen LogP contribution in [0.15, 0.2) is 53.0 Å². The van der Waals surface area contributed by atoms with Crippen molar-refractivity contribution in [3.05, 3.63) is 69.7 Å². The molecule has 0 unspecified atom stereocenters. The van der Waals surface area contributed by atoms with Crippen LogP contribution in [0.1, 0.15) is 37.0 Å². The first-order valence-corrected chi connectivity index (χ1v) is 9.77. The van der Waals surface area contributed by atoms with Gasteiger partial charge in [0, 0.05) is 28.5 Å². The zero-order chi connectivity index (χ0) is 18.5. The fourth-order valence-electron chi connectivity index (χ4n) is 4.29. The van der Waals surface area contributed by atoms with Crippen LogP contribution in [0.4, 0.5) is 5.69 Å². The molecule has 0 saturated carbocycles. The monoisotopic (exact) mass is 410 g/mol. The number of carbonyl (C=O) groups excluding carboxylic acids is 1. The van der Waals surface area contributed by atoms with Crippen molar-refractivity contribution in [2.24, 2.45) is 0 Å². The Morgan fingerprint density at radius 2 is 2.00 bits per heavy atom. The molecule has 4 heteroatoms. The Labute approximate surface area is 163 Å². The molecule has 1 saturated heterocycles. The Morgan fingerprint density at radius 1 is 1.19 bits per heavy atom. The van der Waals surface area contributed by atoms with Crippen LogP contribution in [0.5, 0.6) is 0 Å². The first-order valence-electron chi connectivity index (χ1n) is 8.98. The lowest BCUT2D eigenvalue weighted by Crippen LogP contribution is -2.68. The summed E-state index contributed by atoms with van der Waals surface area (Å²) in [5.74, 6) is 0.109. The number of hydrogen-bond acceptors (Lipinski definition) is 2. The maximum absolute atomic E-state index is 12.4. The van der Waals surface area contributed by atoms with Crippen LogP contribution in [-0.2, 0) is 10.2 Å². The fourth-order valence-corrected chi connectivity index (χ4v) is 4.71. The van der Waals surface area contributed by atoms with Crippen molar-refractivity contribution in [2.45, 2.75) is 38.3 Å². The summed E-state index contributed by atoms with van der Waals surface area (Å²) < 4.78 is 1.05. The molecule has 0 radical (unpaired) electrons. The topological polar surface area (TPSA) is 32.3 Å². The van der Waals surface area contributed by atoms with E-state index in [2.05, 4.69) is 89.4 Å². The van der Waals surface area contributed by atoms with E-state index in [1.165, 1.54) is 16.8 Å². The van der Waals surface area contributed by atoms with E-state index in [0.29, 0.717) is 6.42 Å². The highest BCUT2D eigenvalue weighted by molar-refractivity contribution is 9.10. The molecule has 1 fully saturated rings. The van der Waals surface area contributed by atoms with Crippen molar-refractivity contribution in [3.63, 3.8) is 0 Å². The number of aryl methyl sites for hydroxylation is 1. The number of hydrogen-bond donors (Lipinski definition) is 1. The van der Waals surface area contributed by atoms with E-state index in [9.17, 15) is 4.79 Å². The number of fused-ring (bicyclic) bond motifs is 3. The molecular weight excluding hydrogens is 388 g/mol. The zero-order valence-electron chi connectivity index (χ0n) is 15.3. The summed E-state index contributed by atoms with van der Waals surface area (Å²) in [6.07, 6.45) is 4.81. The molecule has 2 aliphatic heterocycles. The maximum atomic E-state index is 12.4. The molecule has 4 rings (SSSR count). The summed E-state index contributed by atoms with van der Waals surface area (Å²) in [5, 5.41) is 3.32. The lowest BCUT2D eigenvalue weighted by Gasteiger charge is -2.49. The predicted molar refractivity (Wildman–Crippen MR) is 110 cm³/mol. The Morgan fingerprint density at radius 3 is 2.77 bits per heavy atom. The minimum atomic E-state index is -0.555. The van der Waals surface area contributed by atoms with Gasteiger partial charge in [-0.05, 0) is 42.3 Å². The molecule has 2 heterocycles. The van der Waals surface area contributed by atoms with Crippen LogP contribution in [0.3, 0.4) is 0 Å². The van der Waals surface area contributed by atoms with Crippen molar-refractivity contribution in [1.29, 1.82) is 0 Å². The van der Waals surface area contributed by atoms with Gasteiger partial charge in [0.25, 0.3) is 0 Å². The molecular formula is C22H23BrN2O. The van der Waals surface area contributed by atoms with Gasteiger partial charge in [0.2, 0.25) is 5.91 Å². The van der Waals surface area contributed by atoms with Crippen molar-refractivity contribution < 1.29 is 4.79 Å². The molecule has 2 aromatic carbocycles. The molecule has 1 atom stereocenters. The van der Waals surface area contributed by atoms with Crippen molar-refractivity contribution in [3.8, 4) is 0 Å². The second-order valence-corrected chi connectivity index (χ2v) is 8.67. The van der Waals surface area contributed by atoms with Gasteiger partial charge < -0.3 is 10.2 Å². The van der Waals surface area contributed by atoms with Gasteiger partial charge in [-0.3, -0.25) is 4.79 Å². The normalized spacial score (nSPS) is 23.7. The number of halogens is 1. The highest BCUT2D eigenvalue weighted by Crippen LogP contribution is 2.52. The molecule has 1 amide bonds. The number of rotatable bonds is 2. The van der Waals surface area contributed by atoms with Gasteiger partial charge in [-0.25, -0.2) is 0 Å². The molecule has 3 nitrogen and oxygen atoms in total. The zero-order valence-corrected chi connectivity index (χ0v) is 16.9. The average molecular weight is 411 g/mol. The Bertz CT molecular complexity index is 918. The van der Waals surface area contributed by atoms with Crippen LogP contribution in [-0.4, -0.2) is 18.1 Å². The average Bonchev–Trinajstić information content (AvgIpc) is 2.78. The molecule has 1 N–H and O–H groups in total. The summed E-state index contributed by atoms with van der Waals surface area (Å²) in [7, 11) is 0. The van der Waals surface area contributed by atoms with Crippen molar-refractivity contribution in [2.75, 3.05) is 11.4 Å². The minimum Gasteiger partial charge on any atom is -0.344 e. The SMILES string of the molecule is Cc1ccc2c(c1)C(C)(C)[C@@]1(C=Cc3cccc(Br)c3)NC(=O)CCN21. The predicted octanol–water partition coefficient (Wildman–Crippen LogP) is 4.78. The number of carbonyl (C=O) groups is 1. The summed E-state index contributed by atoms with van der Waals surface area (Å²) in [6, 6.07) is 14.8. The number of nitrogens with zero attached hydrogens (tertiary/aromatic N) is 1. The molecule has 134 valence electrons.